The summed E-state index contributed by atoms with van der Waals surface area (Å²) in [6, 6.07) is 8.11. The van der Waals surface area contributed by atoms with E-state index in [0.29, 0.717) is 6.61 Å². The third kappa shape index (κ3) is 4.21. The van der Waals surface area contributed by atoms with E-state index in [2.05, 4.69) is 23.2 Å². The average Bonchev–Trinajstić information content (AvgIpc) is 2.25. The minimum absolute atomic E-state index is 0.713. The van der Waals surface area contributed by atoms with Crippen molar-refractivity contribution in [2.75, 3.05) is 38.7 Å². The van der Waals surface area contributed by atoms with Gasteiger partial charge in [-0.25, -0.2) is 0 Å². The minimum atomic E-state index is 0.713. The van der Waals surface area contributed by atoms with Gasteiger partial charge in [0.15, 0.2) is 0 Å². The van der Waals surface area contributed by atoms with Crippen LogP contribution in [0.3, 0.4) is 0 Å². The van der Waals surface area contributed by atoms with Gasteiger partial charge in [-0.1, -0.05) is 13.0 Å². The molecular weight excluding hydrogens is 188 g/mol. The molecule has 0 atom stereocenters. The van der Waals surface area contributed by atoms with Crippen LogP contribution in [0.5, 0.6) is 5.75 Å². The highest BCUT2D eigenvalue weighted by atomic mass is 16.5. The number of nitrogens with zero attached hydrogens (tertiary/aromatic N) is 1. The summed E-state index contributed by atoms with van der Waals surface area (Å²) in [6.45, 7) is 4.68. The number of hydrogen-bond acceptors (Lipinski definition) is 3. The summed E-state index contributed by atoms with van der Waals surface area (Å²) in [5, 5.41) is 3.22. The van der Waals surface area contributed by atoms with E-state index in [1.54, 1.807) is 0 Å². The summed E-state index contributed by atoms with van der Waals surface area (Å²) in [5.41, 5.74) is 1.16. The monoisotopic (exact) mass is 208 g/mol. The minimum Gasteiger partial charge on any atom is -0.492 e. The van der Waals surface area contributed by atoms with Crippen molar-refractivity contribution in [3.05, 3.63) is 24.3 Å². The van der Waals surface area contributed by atoms with E-state index in [1.807, 2.05) is 32.3 Å². The Labute approximate surface area is 92.0 Å². The predicted molar refractivity (Wildman–Crippen MR) is 64.8 cm³/mol. The van der Waals surface area contributed by atoms with Crippen LogP contribution in [0.25, 0.3) is 0 Å². The van der Waals surface area contributed by atoms with E-state index in [-0.39, 0.29) is 0 Å². The zero-order valence-electron chi connectivity index (χ0n) is 9.79. The molecule has 84 valence electrons. The number of benzene rings is 1. The molecule has 0 aliphatic rings. The number of likely N-dealkylation sites (N-methyl/N-ethyl adjacent to an activating group) is 1. The van der Waals surface area contributed by atoms with Gasteiger partial charge in [-0.2, -0.15) is 0 Å². The van der Waals surface area contributed by atoms with E-state index in [1.165, 1.54) is 0 Å². The first kappa shape index (κ1) is 11.9. The van der Waals surface area contributed by atoms with Crippen LogP contribution in [0.4, 0.5) is 5.69 Å². The first-order valence-corrected chi connectivity index (χ1v) is 5.35. The van der Waals surface area contributed by atoms with Gasteiger partial charge >= 0.3 is 0 Å². The van der Waals surface area contributed by atoms with Crippen LogP contribution in [0.15, 0.2) is 24.3 Å². The zero-order valence-corrected chi connectivity index (χ0v) is 9.79. The van der Waals surface area contributed by atoms with Crippen molar-refractivity contribution in [2.45, 2.75) is 6.92 Å². The molecule has 0 bridgehead atoms. The van der Waals surface area contributed by atoms with E-state index >= 15 is 0 Å². The fraction of sp³-hybridized carbons (Fsp3) is 0.500. The van der Waals surface area contributed by atoms with Crippen LogP contribution in [-0.4, -0.2) is 33.8 Å². The van der Waals surface area contributed by atoms with E-state index < -0.39 is 0 Å². The average molecular weight is 208 g/mol. The fourth-order valence-corrected chi connectivity index (χ4v) is 1.27. The molecule has 1 N–H and O–H groups in total. The molecule has 1 aromatic rings. The Morgan fingerprint density at radius 3 is 2.80 bits per heavy atom. The topological polar surface area (TPSA) is 24.5 Å². The second kappa shape index (κ2) is 6.30. The molecule has 0 saturated carbocycles. The summed E-state index contributed by atoms with van der Waals surface area (Å²) in [4.78, 5) is 2.07. The SMILES string of the molecule is CCNCCOc1cccc(N(C)C)c1. The molecule has 0 heterocycles. The molecular formula is C12H20N2O. The summed E-state index contributed by atoms with van der Waals surface area (Å²) in [7, 11) is 4.05. The molecule has 0 amide bonds. The smallest absolute Gasteiger partial charge is 0.121 e. The Hall–Kier alpha value is -1.22. The van der Waals surface area contributed by atoms with Crippen LogP contribution in [-0.2, 0) is 0 Å². The molecule has 0 aliphatic heterocycles. The molecule has 3 nitrogen and oxygen atoms in total. The maximum atomic E-state index is 5.61. The fourth-order valence-electron chi connectivity index (χ4n) is 1.27. The Balaban J connectivity index is 2.43. The van der Waals surface area contributed by atoms with Gasteiger partial charge in [0.2, 0.25) is 0 Å². The van der Waals surface area contributed by atoms with Gasteiger partial charge in [0.1, 0.15) is 12.4 Å². The molecule has 0 aliphatic carbocycles. The molecule has 0 radical (unpaired) electrons. The van der Waals surface area contributed by atoms with Crippen LogP contribution in [0.2, 0.25) is 0 Å². The lowest BCUT2D eigenvalue weighted by Gasteiger charge is -2.14. The molecule has 3 heteroatoms. The van der Waals surface area contributed by atoms with E-state index in [9.17, 15) is 0 Å². The number of rotatable bonds is 6. The maximum Gasteiger partial charge on any atom is 0.121 e. The van der Waals surface area contributed by atoms with Crippen molar-refractivity contribution in [1.82, 2.24) is 5.32 Å². The normalized spacial score (nSPS) is 10.1. The molecule has 15 heavy (non-hydrogen) atoms. The third-order valence-electron chi connectivity index (χ3n) is 2.13. The lowest BCUT2D eigenvalue weighted by Crippen LogP contribution is -2.20. The molecule has 1 rings (SSSR count). The van der Waals surface area contributed by atoms with Crippen LogP contribution in [0.1, 0.15) is 6.92 Å². The van der Waals surface area contributed by atoms with Gasteiger partial charge in [-0.15, -0.1) is 0 Å². The van der Waals surface area contributed by atoms with Gasteiger partial charge < -0.3 is 15.0 Å². The van der Waals surface area contributed by atoms with E-state index in [0.717, 1.165) is 24.5 Å². The second-order valence-corrected chi connectivity index (χ2v) is 3.59. The molecule has 0 spiro atoms. The molecule has 0 saturated heterocycles. The van der Waals surface area contributed by atoms with Crippen LogP contribution in [0, 0.1) is 0 Å². The Morgan fingerprint density at radius 2 is 2.13 bits per heavy atom. The van der Waals surface area contributed by atoms with Crippen molar-refractivity contribution in [3.8, 4) is 5.75 Å². The lowest BCUT2D eigenvalue weighted by molar-refractivity contribution is 0.315. The highest BCUT2D eigenvalue weighted by Gasteiger charge is 1.97. The second-order valence-electron chi connectivity index (χ2n) is 3.59. The highest BCUT2D eigenvalue weighted by Crippen LogP contribution is 2.18. The van der Waals surface area contributed by atoms with Crippen molar-refractivity contribution >= 4 is 5.69 Å². The van der Waals surface area contributed by atoms with Crippen LogP contribution >= 0.6 is 0 Å². The third-order valence-corrected chi connectivity index (χ3v) is 2.13. The number of ether oxygens (including phenoxy) is 1. The largest absolute Gasteiger partial charge is 0.492 e. The van der Waals surface area contributed by atoms with Gasteiger partial charge in [0, 0.05) is 32.4 Å². The quantitative estimate of drug-likeness (QED) is 0.721. The summed E-state index contributed by atoms with van der Waals surface area (Å²) < 4.78 is 5.61. The first-order chi connectivity index (χ1) is 7.24. The van der Waals surface area contributed by atoms with Crippen molar-refractivity contribution in [1.29, 1.82) is 0 Å². The highest BCUT2D eigenvalue weighted by molar-refractivity contribution is 5.49. The Morgan fingerprint density at radius 1 is 1.33 bits per heavy atom. The number of anilines is 1. The van der Waals surface area contributed by atoms with Crippen molar-refractivity contribution in [2.24, 2.45) is 0 Å². The Kier molecular flexibility index (Phi) is 4.98. The van der Waals surface area contributed by atoms with Gasteiger partial charge in [0.25, 0.3) is 0 Å². The molecule has 0 aromatic heterocycles. The van der Waals surface area contributed by atoms with Gasteiger partial charge in [-0.3, -0.25) is 0 Å². The molecule has 0 unspecified atom stereocenters. The van der Waals surface area contributed by atoms with Crippen LogP contribution < -0.4 is 15.0 Å². The summed E-state index contributed by atoms with van der Waals surface area (Å²) in [5.74, 6) is 0.930. The van der Waals surface area contributed by atoms with Crippen molar-refractivity contribution in [3.63, 3.8) is 0 Å². The summed E-state index contributed by atoms with van der Waals surface area (Å²) in [6.07, 6.45) is 0. The predicted octanol–water partition coefficient (Wildman–Crippen LogP) is 1.74. The number of hydrogen-bond donors (Lipinski definition) is 1. The zero-order chi connectivity index (χ0) is 11.1. The molecule has 1 aromatic carbocycles. The maximum absolute atomic E-state index is 5.61. The summed E-state index contributed by atoms with van der Waals surface area (Å²) >= 11 is 0. The van der Waals surface area contributed by atoms with Gasteiger partial charge in [0.05, 0.1) is 0 Å². The number of nitrogens with one attached hydrogen (secondary N) is 1. The Bertz CT molecular complexity index is 287. The van der Waals surface area contributed by atoms with E-state index in [4.69, 9.17) is 4.74 Å². The molecule has 0 fully saturated rings. The first-order valence-electron chi connectivity index (χ1n) is 5.35. The van der Waals surface area contributed by atoms with Crippen molar-refractivity contribution < 1.29 is 4.74 Å². The lowest BCUT2D eigenvalue weighted by atomic mass is 10.3. The standard InChI is InChI=1S/C12H20N2O/c1-4-13-8-9-15-12-7-5-6-11(10-12)14(2)3/h5-7,10,13H,4,8-9H2,1-3H3. The van der Waals surface area contributed by atoms with Gasteiger partial charge in [-0.05, 0) is 18.7 Å².